The second kappa shape index (κ2) is 7.66. The SMILES string of the molecule is C[C@@H]1O[C@H](CO)[C@@H](O[C@@H]2O[C@H](CO)[C@H](O)[C@H](O)[C@H]2O)[C@H](O)[C@H]1O. The first kappa shape index (κ1) is 18.9. The quantitative estimate of drug-likeness (QED) is 0.265. The van der Waals surface area contributed by atoms with Crippen LogP contribution in [-0.2, 0) is 14.2 Å². The minimum Gasteiger partial charge on any atom is -0.394 e. The van der Waals surface area contributed by atoms with Crippen molar-refractivity contribution in [3.8, 4) is 0 Å². The van der Waals surface area contributed by atoms with Crippen molar-refractivity contribution < 1.29 is 50.0 Å². The Kier molecular flexibility index (Phi) is 6.30. The molecule has 23 heavy (non-hydrogen) atoms. The van der Waals surface area contributed by atoms with Gasteiger partial charge < -0.3 is 50.0 Å². The lowest BCUT2D eigenvalue weighted by molar-refractivity contribution is -0.341. The summed E-state index contributed by atoms with van der Waals surface area (Å²) in [5, 5.41) is 67.8. The molecule has 0 amide bonds. The van der Waals surface area contributed by atoms with Crippen molar-refractivity contribution in [2.24, 2.45) is 0 Å². The van der Waals surface area contributed by atoms with E-state index in [0.717, 1.165) is 0 Å². The third kappa shape index (κ3) is 3.66. The molecule has 2 saturated heterocycles. The lowest BCUT2D eigenvalue weighted by Crippen LogP contribution is -2.64. The van der Waals surface area contributed by atoms with Gasteiger partial charge in [0.2, 0.25) is 0 Å². The molecule has 0 radical (unpaired) electrons. The molecule has 0 aromatic heterocycles. The van der Waals surface area contributed by atoms with Gasteiger partial charge in [-0.25, -0.2) is 0 Å². The molecule has 2 heterocycles. The molecule has 2 aliphatic rings. The first-order chi connectivity index (χ1) is 10.8. The van der Waals surface area contributed by atoms with Crippen LogP contribution in [-0.4, -0.2) is 110 Å². The van der Waals surface area contributed by atoms with Gasteiger partial charge in [0.25, 0.3) is 0 Å². The Bertz CT molecular complexity index is 378. The van der Waals surface area contributed by atoms with E-state index in [9.17, 15) is 30.6 Å². The van der Waals surface area contributed by atoms with E-state index >= 15 is 0 Å². The van der Waals surface area contributed by atoms with E-state index in [0.29, 0.717) is 0 Å². The van der Waals surface area contributed by atoms with Crippen LogP contribution < -0.4 is 0 Å². The largest absolute Gasteiger partial charge is 0.394 e. The summed E-state index contributed by atoms with van der Waals surface area (Å²) in [6.07, 6.45) is -13.2. The summed E-state index contributed by atoms with van der Waals surface area (Å²) in [7, 11) is 0. The summed E-state index contributed by atoms with van der Waals surface area (Å²) in [5.74, 6) is 0. The molecule has 10 atom stereocenters. The summed E-state index contributed by atoms with van der Waals surface area (Å²) in [6, 6.07) is 0. The number of aliphatic hydroxyl groups excluding tert-OH is 7. The van der Waals surface area contributed by atoms with E-state index in [1.165, 1.54) is 6.92 Å². The molecule has 2 fully saturated rings. The average molecular weight is 340 g/mol. The van der Waals surface area contributed by atoms with Crippen molar-refractivity contribution in [3.05, 3.63) is 0 Å². The number of aliphatic hydroxyl groups is 7. The van der Waals surface area contributed by atoms with Crippen molar-refractivity contribution in [2.45, 2.75) is 68.1 Å². The summed E-state index contributed by atoms with van der Waals surface area (Å²) < 4.78 is 15.9. The topological polar surface area (TPSA) is 169 Å². The van der Waals surface area contributed by atoms with Crippen molar-refractivity contribution in [1.29, 1.82) is 0 Å². The van der Waals surface area contributed by atoms with Gasteiger partial charge in [-0.15, -0.1) is 0 Å². The molecule has 0 spiro atoms. The average Bonchev–Trinajstić information content (AvgIpc) is 2.55. The van der Waals surface area contributed by atoms with E-state index in [4.69, 9.17) is 19.3 Å². The molecule has 0 unspecified atom stereocenters. The normalized spacial score (nSPS) is 51.7. The number of hydrogen-bond donors (Lipinski definition) is 7. The first-order valence-electron chi connectivity index (χ1n) is 7.40. The van der Waals surface area contributed by atoms with Gasteiger partial charge in [0.15, 0.2) is 6.29 Å². The highest BCUT2D eigenvalue weighted by atomic mass is 16.7. The fourth-order valence-corrected chi connectivity index (χ4v) is 2.78. The zero-order valence-electron chi connectivity index (χ0n) is 12.5. The van der Waals surface area contributed by atoms with Gasteiger partial charge in [0, 0.05) is 0 Å². The van der Waals surface area contributed by atoms with Crippen LogP contribution in [0.2, 0.25) is 0 Å². The van der Waals surface area contributed by atoms with E-state index in [2.05, 4.69) is 0 Å². The molecule has 0 aromatic rings. The van der Waals surface area contributed by atoms with E-state index in [1.54, 1.807) is 0 Å². The maximum atomic E-state index is 10.1. The standard InChI is InChI=1S/C13H24O10/c1-4-7(16)10(19)12(6(3-15)21-4)23-13-11(20)9(18)8(17)5(2-14)22-13/h4-20H,2-3H2,1H3/t4-,5+,6+,7-,8-,9-,10+,11+,12+,13-/m0/s1. The van der Waals surface area contributed by atoms with Crippen LogP contribution in [0, 0.1) is 0 Å². The highest BCUT2D eigenvalue weighted by Gasteiger charge is 2.49. The summed E-state index contributed by atoms with van der Waals surface area (Å²) in [6.45, 7) is 0.369. The number of ether oxygens (including phenoxy) is 3. The minimum atomic E-state index is -1.66. The first-order valence-corrected chi connectivity index (χ1v) is 7.40. The van der Waals surface area contributed by atoms with Crippen LogP contribution in [0.15, 0.2) is 0 Å². The second-order valence-corrected chi connectivity index (χ2v) is 5.84. The van der Waals surface area contributed by atoms with Crippen LogP contribution in [0.5, 0.6) is 0 Å². The van der Waals surface area contributed by atoms with Gasteiger partial charge in [-0.3, -0.25) is 0 Å². The Hall–Kier alpha value is -0.400. The van der Waals surface area contributed by atoms with Crippen molar-refractivity contribution in [3.63, 3.8) is 0 Å². The monoisotopic (exact) mass is 340 g/mol. The Balaban J connectivity index is 2.11. The lowest BCUT2D eigenvalue weighted by Gasteiger charge is -2.45. The van der Waals surface area contributed by atoms with Crippen molar-refractivity contribution >= 4 is 0 Å². The maximum Gasteiger partial charge on any atom is 0.187 e. The van der Waals surface area contributed by atoms with Gasteiger partial charge in [-0.05, 0) is 6.92 Å². The van der Waals surface area contributed by atoms with Crippen molar-refractivity contribution in [2.75, 3.05) is 13.2 Å². The number of rotatable bonds is 4. The second-order valence-electron chi connectivity index (χ2n) is 5.84. The summed E-state index contributed by atoms with van der Waals surface area (Å²) in [5.41, 5.74) is 0. The third-order valence-electron chi connectivity index (χ3n) is 4.24. The van der Waals surface area contributed by atoms with Crippen LogP contribution in [0.25, 0.3) is 0 Å². The predicted molar refractivity (Wildman–Crippen MR) is 72.1 cm³/mol. The summed E-state index contributed by atoms with van der Waals surface area (Å²) in [4.78, 5) is 0. The molecule has 10 nitrogen and oxygen atoms in total. The molecule has 0 aliphatic carbocycles. The molecule has 10 heteroatoms. The van der Waals surface area contributed by atoms with E-state index < -0.39 is 74.4 Å². The third-order valence-corrected chi connectivity index (χ3v) is 4.24. The van der Waals surface area contributed by atoms with E-state index in [-0.39, 0.29) is 0 Å². The van der Waals surface area contributed by atoms with Crippen LogP contribution in [0.1, 0.15) is 6.92 Å². The molecule has 2 rings (SSSR count). The predicted octanol–water partition coefficient (Wildman–Crippen LogP) is -4.33. The molecule has 7 N–H and O–H groups in total. The fourth-order valence-electron chi connectivity index (χ4n) is 2.78. The maximum absolute atomic E-state index is 10.1. The molecular formula is C13H24O10. The molecule has 0 saturated carbocycles. The van der Waals surface area contributed by atoms with Crippen molar-refractivity contribution in [1.82, 2.24) is 0 Å². The molecule has 136 valence electrons. The Morgan fingerprint density at radius 3 is 1.91 bits per heavy atom. The smallest absolute Gasteiger partial charge is 0.187 e. The van der Waals surface area contributed by atoms with Crippen LogP contribution >= 0.6 is 0 Å². The van der Waals surface area contributed by atoms with Crippen LogP contribution in [0.3, 0.4) is 0 Å². The number of hydrogen-bond acceptors (Lipinski definition) is 10. The highest BCUT2D eigenvalue weighted by molar-refractivity contribution is 4.94. The van der Waals surface area contributed by atoms with Gasteiger partial charge in [-0.1, -0.05) is 0 Å². The van der Waals surface area contributed by atoms with E-state index in [1.807, 2.05) is 0 Å². The zero-order valence-corrected chi connectivity index (χ0v) is 12.5. The fraction of sp³-hybridized carbons (Fsp3) is 1.00. The van der Waals surface area contributed by atoms with Gasteiger partial charge >= 0.3 is 0 Å². The molecule has 0 aromatic carbocycles. The minimum absolute atomic E-state index is 0.518. The Morgan fingerprint density at radius 2 is 1.35 bits per heavy atom. The molecule has 0 bridgehead atoms. The lowest BCUT2D eigenvalue weighted by atomic mass is 9.95. The Morgan fingerprint density at radius 1 is 0.739 bits per heavy atom. The van der Waals surface area contributed by atoms with Gasteiger partial charge in [-0.2, -0.15) is 0 Å². The Labute approximate surface area is 132 Å². The van der Waals surface area contributed by atoms with Crippen LogP contribution in [0.4, 0.5) is 0 Å². The highest BCUT2D eigenvalue weighted by Crippen LogP contribution is 2.28. The molecule has 2 aliphatic heterocycles. The van der Waals surface area contributed by atoms with Gasteiger partial charge in [0.1, 0.15) is 48.8 Å². The zero-order chi connectivity index (χ0) is 17.3. The molecular weight excluding hydrogens is 316 g/mol. The summed E-state index contributed by atoms with van der Waals surface area (Å²) >= 11 is 0. The van der Waals surface area contributed by atoms with Gasteiger partial charge in [0.05, 0.1) is 19.3 Å².